The first-order chi connectivity index (χ1) is 13.9. The minimum atomic E-state index is -2.02. The lowest BCUT2D eigenvalue weighted by atomic mass is 9.90. The molecular formula is C22H25BrClNO3Si. The van der Waals surface area contributed by atoms with Crippen molar-refractivity contribution in [3.63, 3.8) is 0 Å². The van der Waals surface area contributed by atoms with Gasteiger partial charge in [0.1, 0.15) is 0 Å². The summed E-state index contributed by atoms with van der Waals surface area (Å²) in [5.74, 6) is -0.566. The largest absolute Gasteiger partial charge is 0.403 e. The minimum absolute atomic E-state index is 0.259. The molecule has 154 valence electrons. The Morgan fingerprint density at radius 2 is 1.59 bits per heavy atom. The first-order valence-corrected chi connectivity index (χ1v) is 13.6. The summed E-state index contributed by atoms with van der Waals surface area (Å²) in [7, 11) is -2.02. The van der Waals surface area contributed by atoms with Crippen LogP contribution in [0.25, 0.3) is 0 Å². The van der Waals surface area contributed by atoms with E-state index in [1.807, 2.05) is 12.1 Å². The minimum Gasteiger partial charge on any atom is -0.403 e. The van der Waals surface area contributed by atoms with Crippen LogP contribution >= 0.6 is 27.5 Å². The number of β-lactam (4-membered cyclic amide) rings is 1. The van der Waals surface area contributed by atoms with Crippen LogP contribution in [0, 0.1) is 0 Å². The van der Waals surface area contributed by atoms with Gasteiger partial charge in [0.25, 0.3) is 11.8 Å². The monoisotopic (exact) mass is 493 g/mol. The number of likely N-dealkylation sites (tertiary alicyclic amines) is 1. The molecule has 2 atom stereocenters. The molecular weight excluding hydrogens is 470 g/mol. The van der Waals surface area contributed by atoms with Crippen LogP contribution in [0.3, 0.4) is 0 Å². The van der Waals surface area contributed by atoms with Gasteiger partial charge < -0.3 is 4.43 Å². The number of halogens is 2. The highest BCUT2D eigenvalue weighted by molar-refractivity contribution is 9.10. The summed E-state index contributed by atoms with van der Waals surface area (Å²) in [5.41, 5.74) is 1.33. The molecule has 1 heterocycles. The highest BCUT2D eigenvalue weighted by Crippen LogP contribution is 2.41. The molecule has 2 amide bonds. The van der Waals surface area contributed by atoms with E-state index in [9.17, 15) is 9.59 Å². The van der Waals surface area contributed by atoms with E-state index in [0.29, 0.717) is 10.6 Å². The summed E-state index contributed by atoms with van der Waals surface area (Å²) in [6.07, 6.45) is -0.623. The number of nitrogens with zero attached hydrogens (tertiary/aromatic N) is 1. The maximum absolute atomic E-state index is 13.1. The summed E-state index contributed by atoms with van der Waals surface area (Å²) < 4.78 is 7.40. The second-order valence-electron chi connectivity index (χ2n) is 7.30. The fourth-order valence-corrected chi connectivity index (χ4v) is 6.95. The molecule has 0 spiro atoms. The van der Waals surface area contributed by atoms with E-state index in [-0.39, 0.29) is 11.8 Å². The van der Waals surface area contributed by atoms with Gasteiger partial charge >= 0.3 is 0 Å². The number of imide groups is 1. The zero-order valence-corrected chi connectivity index (χ0v) is 20.2. The Kier molecular flexibility index (Phi) is 6.99. The van der Waals surface area contributed by atoms with Gasteiger partial charge in [0.2, 0.25) is 0 Å². The fourth-order valence-electron chi connectivity index (χ4n) is 3.79. The number of carbonyl (C=O) groups excluding carboxylic acids is 2. The highest BCUT2D eigenvalue weighted by atomic mass is 79.9. The van der Waals surface area contributed by atoms with Gasteiger partial charge in [0.15, 0.2) is 14.4 Å². The topological polar surface area (TPSA) is 46.6 Å². The molecule has 0 aromatic heterocycles. The second-order valence-corrected chi connectivity index (χ2v) is 13.4. The van der Waals surface area contributed by atoms with Crippen LogP contribution in [0.1, 0.15) is 42.7 Å². The van der Waals surface area contributed by atoms with Crippen LogP contribution in [0.15, 0.2) is 53.0 Å². The number of hydrogen-bond acceptors (Lipinski definition) is 3. The first kappa shape index (κ1) is 22.2. The molecule has 1 saturated heterocycles. The lowest BCUT2D eigenvalue weighted by Crippen LogP contribution is -2.64. The second kappa shape index (κ2) is 9.12. The van der Waals surface area contributed by atoms with Crippen LogP contribution in [0.5, 0.6) is 0 Å². The Bertz CT molecular complexity index is 876. The fraction of sp³-hybridized carbons (Fsp3) is 0.364. The number of rotatable bonds is 7. The van der Waals surface area contributed by atoms with Crippen molar-refractivity contribution in [2.75, 3.05) is 0 Å². The van der Waals surface area contributed by atoms with E-state index in [1.165, 1.54) is 4.90 Å². The Balaban J connectivity index is 1.95. The molecule has 0 bridgehead atoms. The predicted molar refractivity (Wildman–Crippen MR) is 122 cm³/mol. The van der Waals surface area contributed by atoms with Crippen LogP contribution in [0.4, 0.5) is 0 Å². The number of carbonyl (C=O) groups is 2. The van der Waals surface area contributed by atoms with Crippen LogP contribution < -0.4 is 0 Å². The average Bonchev–Trinajstić information content (AvgIpc) is 2.74. The number of amides is 2. The normalized spacial score (nSPS) is 19.2. The van der Waals surface area contributed by atoms with E-state index in [2.05, 4.69) is 36.7 Å². The van der Waals surface area contributed by atoms with Crippen LogP contribution in [-0.4, -0.2) is 31.1 Å². The lowest BCUT2D eigenvalue weighted by Gasteiger charge is -2.48. The van der Waals surface area contributed by atoms with Gasteiger partial charge in [-0.1, -0.05) is 60.4 Å². The smallest absolute Gasteiger partial charge is 0.261 e. The highest BCUT2D eigenvalue weighted by Gasteiger charge is 2.54. The van der Waals surface area contributed by atoms with Gasteiger partial charge in [0, 0.05) is 15.1 Å². The number of benzene rings is 2. The van der Waals surface area contributed by atoms with Crippen molar-refractivity contribution in [2.45, 2.75) is 51.0 Å². The summed E-state index contributed by atoms with van der Waals surface area (Å²) in [6, 6.07) is 16.7. The van der Waals surface area contributed by atoms with Crippen molar-refractivity contribution in [3.05, 3.63) is 69.2 Å². The molecule has 4 nitrogen and oxygen atoms in total. The molecule has 0 unspecified atom stereocenters. The Hall–Kier alpha value is -1.47. The molecule has 1 aliphatic rings. The van der Waals surface area contributed by atoms with Gasteiger partial charge in [-0.2, -0.15) is 0 Å². The van der Waals surface area contributed by atoms with Gasteiger partial charge in [-0.25, -0.2) is 0 Å². The van der Waals surface area contributed by atoms with Crippen LogP contribution in [0.2, 0.25) is 23.2 Å². The van der Waals surface area contributed by atoms with Gasteiger partial charge in [0.05, 0.1) is 6.04 Å². The third-order valence-corrected chi connectivity index (χ3v) is 11.3. The van der Waals surface area contributed by atoms with E-state index >= 15 is 0 Å². The van der Waals surface area contributed by atoms with Crippen molar-refractivity contribution in [1.82, 2.24) is 4.90 Å². The van der Waals surface area contributed by atoms with Crippen molar-refractivity contribution in [1.29, 1.82) is 0 Å². The third-order valence-electron chi connectivity index (χ3n) is 5.88. The maximum Gasteiger partial charge on any atom is 0.261 e. The van der Waals surface area contributed by atoms with Crippen molar-refractivity contribution in [2.24, 2.45) is 0 Å². The van der Waals surface area contributed by atoms with Crippen LogP contribution in [-0.2, 0) is 9.22 Å². The molecule has 2 aromatic carbocycles. The molecule has 3 rings (SSSR count). The Morgan fingerprint density at radius 3 is 2.10 bits per heavy atom. The summed E-state index contributed by atoms with van der Waals surface area (Å²) in [5, 5.41) is 0.613. The summed E-state index contributed by atoms with van der Waals surface area (Å²) >= 11 is 9.43. The zero-order chi connectivity index (χ0) is 21.2. The van der Waals surface area contributed by atoms with Gasteiger partial charge in [-0.05, 0) is 60.1 Å². The molecule has 0 aliphatic carbocycles. The quantitative estimate of drug-likeness (QED) is 0.261. The Morgan fingerprint density at radius 1 is 1.03 bits per heavy atom. The standard InChI is InChI=1S/C22H25BrClNO3Si/c1-4-29(5-2,6-3)28-20-19(15-9-13-18(24)14-10-15)25(22(20)27)21(26)16-7-11-17(23)12-8-16/h7-14,19-20H,4-6H2,1-3H3/t19-,20+/m1/s1. The molecule has 0 N–H and O–H groups in total. The molecule has 2 aromatic rings. The predicted octanol–water partition coefficient (Wildman–Crippen LogP) is 6.22. The average molecular weight is 495 g/mol. The van der Waals surface area contributed by atoms with E-state index < -0.39 is 20.5 Å². The van der Waals surface area contributed by atoms with Crippen molar-refractivity contribution >= 4 is 47.7 Å². The summed E-state index contributed by atoms with van der Waals surface area (Å²) in [6.45, 7) is 6.39. The van der Waals surface area contributed by atoms with Gasteiger partial charge in [-0.3, -0.25) is 14.5 Å². The first-order valence-electron chi connectivity index (χ1n) is 9.92. The van der Waals surface area contributed by atoms with Crippen molar-refractivity contribution < 1.29 is 14.0 Å². The molecule has 0 saturated carbocycles. The zero-order valence-electron chi connectivity index (χ0n) is 16.8. The summed E-state index contributed by atoms with van der Waals surface area (Å²) in [4.78, 5) is 27.6. The van der Waals surface area contributed by atoms with E-state index in [4.69, 9.17) is 16.0 Å². The van der Waals surface area contributed by atoms with E-state index in [0.717, 1.165) is 28.2 Å². The molecule has 1 aliphatic heterocycles. The third kappa shape index (κ3) is 4.36. The molecule has 7 heteroatoms. The Labute approximate surface area is 186 Å². The molecule has 1 fully saturated rings. The molecule has 0 radical (unpaired) electrons. The van der Waals surface area contributed by atoms with E-state index in [1.54, 1.807) is 36.4 Å². The molecule has 29 heavy (non-hydrogen) atoms. The SMILES string of the molecule is CC[Si](CC)(CC)O[C@@H]1C(=O)N(C(=O)c2ccc(Br)cc2)[C@@H]1c1ccc(Cl)cc1. The lowest BCUT2D eigenvalue weighted by molar-refractivity contribution is -0.158. The number of hydrogen-bond donors (Lipinski definition) is 0. The maximum atomic E-state index is 13.1. The van der Waals surface area contributed by atoms with Gasteiger partial charge in [-0.15, -0.1) is 0 Å². The van der Waals surface area contributed by atoms with Crippen molar-refractivity contribution in [3.8, 4) is 0 Å².